The Kier molecular flexibility index (Phi) is 3.30. The largest absolute Gasteiger partial charge is 0.355 e. The summed E-state index contributed by atoms with van der Waals surface area (Å²) < 4.78 is 28.1. The van der Waals surface area contributed by atoms with Gasteiger partial charge in [0.05, 0.1) is 0 Å². The van der Waals surface area contributed by atoms with Gasteiger partial charge in [-0.25, -0.2) is 0 Å². The van der Waals surface area contributed by atoms with Crippen LogP contribution in [0.5, 0.6) is 0 Å². The highest BCUT2D eigenvalue weighted by Crippen LogP contribution is 2.29. The number of likely N-dealkylation sites (tertiary alicyclic amines) is 1. The van der Waals surface area contributed by atoms with Gasteiger partial charge >= 0.3 is 0 Å². The fourth-order valence-corrected chi connectivity index (χ4v) is 4.22. The van der Waals surface area contributed by atoms with E-state index < -0.39 is 10.0 Å². The van der Waals surface area contributed by atoms with Crippen molar-refractivity contribution >= 4 is 15.9 Å². The number of nitrogens with zero attached hydrogens (tertiary/aromatic N) is 2. The van der Waals surface area contributed by atoms with Gasteiger partial charge in [0.15, 0.2) is 5.84 Å². The highest BCUT2D eigenvalue weighted by molar-refractivity contribution is 7.90. The van der Waals surface area contributed by atoms with Crippen molar-refractivity contribution in [2.24, 2.45) is 16.0 Å². The molecule has 0 aliphatic carbocycles. The molecule has 2 heterocycles. The highest BCUT2D eigenvalue weighted by Gasteiger charge is 2.34. The monoisotopic (exact) mass is 293 g/mol. The molecule has 0 aromatic heterocycles. The molecule has 1 saturated heterocycles. The number of hydrogen-bond acceptors (Lipinski definition) is 4. The molecule has 2 unspecified atom stereocenters. The molecule has 0 saturated carbocycles. The second-order valence-electron chi connectivity index (χ2n) is 5.45. The number of rotatable bonds is 1. The van der Waals surface area contributed by atoms with Crippen LogP contribution in [0.25, 0.3) is 0 Å². The molecule has 0 bridgehead atoms. The molecular formula is C14H19N3O2S. The molecular weight excluding hydrogens is 274 g/mol. The van der Waals surface area contributed by atoms with Crippen LogP contribution in [0.3, 0.4) is 0 Å². The lowest BCUT2D eigenvalue weighted by Gasteiger charge is -2.37. The summed E-state index contributed by atoms with van der Waals surface area (Å²) in [6.07, 6.45) is 1.87. The summed E-state index contributed by atoms with van der Waals surface area (Å²) in [6, 6.07) is 7.23. The molecule has 2 atom stereocenters. The first kappa shape index (κ1) is 13.6. The lowest BCUT2D eigenvalue weighted by molar-refractivity contribution is 0.223. The van der Waals surface area contributed by atoms with Crippen molar-refractivity contribution in [3.63, 3.8) is 0 Å². The van der Waals surface area contributed by atoms with E-state index in [0.29, 0.717) is 16.6 Å². The Balaban J connectivity index is 1.96. The van der Waals surface area contributed by atoms with Crippen molar-refractivity contribution in [3.8, 4) is 0 Å². The van der Waals surface area contributed by atoms with Gasteiger partial charge in [-0.05, 0) is 24.5 Å². The van der Waals surface area contributed by atoms with E-state index in [9.17, 15) is 8.42 Å². The first-order chi connectivity index (χ1) is 9.53. The topological polar surface area (TPSA) is 75.8 Å². The van der Waals surface area contributed by atoms with Gasteiger partial charge in [0.25, 0.3) is 10.0 Å². The van der Waals surface area contributed by atoms with E-state index in [4.69, 9.17) is 5.73 Å². The highest BCUT2D eigenvalue weighted by atomic mass is 32.2. The summed E-state index contributed by atoms with van der Waals surface area (Å²) in [7, 11) is -3.53. The number of hydrogen-bond donors (Lipinski definition) is 1. The second-order valence-corrected chi connectivity index (χ2v) is 7.03. The molecule has 0 radical (unpaired) electrons. The van der Waals surface area contributed by atoms with Crippen LogP contribution in [0.15, 0.2) is 33.6 Å². The fraction of sp³-hybridized carbons (Fsp3) is 0.500. The van der Waals surface area contributed by atoms with Gasteiger partial charge in [0.1, 0.15) is 4.90 Å². The molecule has 2 aliphatic rings. The van der Waals surface area contributed by atoms with E-state index in [1.165, 1.54) is 0 Å². The molecule has 108 valence electrons. The molecule has 1 fully saturated rings. The molecule has 0 amide bonds. The molecule has 1 aromatic rings. The van der Waals surface area contributed by atoms with Crippen LogP contribution >= 0.6 is 0 Å². The summed E-state index contributed by atoms with van der Waals surface area (Å²) in [6.45, 7) is 3.66. The number of nitrogens with two attached hydrogens (primary N) is 1. The normalized spacial score (nSPS) is 28.1. The van der Waals surface area contributed by atoms with E-state index in [-0.39, 0.29) is 6.04 Å². The Morgan fingerprint density at radius 1 is 1.40 bits per heavy atom. The fourth-order valence-electron chi connectivity index (χ4n) is 2.99. The van der Waals surface area contributed by atoms with Crippen molar-refractivity contribution in [1.29, 1.82) is 0 Å². The predicted octanol–water partition coefficient (Wildman–Crippen LogP) is 1.19. The zero-order valence-electron chi connectivity index (χ0n) is 11.5. The van der Waals surface area contributed by atoms with Crippen molar-refractivity contribution in [3.05, 3.63) is 29.8 Å². The minimum atomic E-state index is -3.53. The number of piperidine rings is 1. The van der Waals surface area contributed by atoms with E-state index in [1.807, 2.05) is 12.1 Å². The van der Waals surface area contributed by atoms with Crippen LogP contribution in [0.2, 0.25) is 0 Å². The molecule has 3 rings (SSSR count). The van der Waals surface area contributed by atoms with Crippen LogP contribution in [0.4, 0.5) is 0 Å². The average Bonchev–Trinajstić information content (AvgIpc) is 2.72. The van der Waals surface area contributed by atoms with Gasteiger partial charge in [0.2, 0.25) is 0 Å². The molecule has 2 aliphatic heterocycles. The van der Waals surface area contributed by atoms with Crippen molar-refractivity contribution in [2.75, 3.05) is 13.1 Å². The summed E-state index contributed by atoms with van der Waals surface area (Å²) in [4.78, 5) is 2.39. The molecule has 2 N–H and O–H groups in total. The van der Waals surface area contributed by atoms with Gasteiger partial charge in [0, 0.05) is 24.7 Å². The third kappa shape index (κ3) is 2.13. The van der Waals surface area contributed by atoms with Crippen molar-refractivity contribution in [1.82, 2.24) is 4.90 Å². The zero-order chi connectivity index (χ0) is 14.3. The summed E-state index contributed by atoms with van der Waals surface area (Å²) in [5.41, 5.74) is 6.83. The molecule has 0 spiro atoms. The van der Waals surface area contributed by atoms with E-state index >= 15 is 0 Å². The Hall–Kier alpha value is -1.40. The third-order valence-corrected chi connectivity index (χ3v) is 5.55. The molecule has 6 heteroatoms. The van der Waals surface area contributed by atoms with Crippen molar-refractivity contribution < 1.29 is 8.42 Å². The molecule has 20 heavy (non-hydrogen) atoms. The van der Waals surface area contributed by atoms with Crippen LogP contribution in [-0.2, 0) is 10.0 Å². The minimum Gasteiger partial charge on any atom is -0.355 e. The first-order valence-electron chi connectivity index (χ1n) is 6.98. The third-order valence-electron chi connectivity index (χ3n) is 4.23. The quantitative estimate of drug-likeness (QED) is 0.844. The van der Waals surface area contributed by atoms with E-state index in [2.05, 4.69) is 16.2 Å². The molecule has 5 nitrogen and oxygen atoms in total. The Labute approximate surface area is 119 Å². The number of sulfonamides is 1. The zero-order valence-corrected chi connectivity index (χ0v) is 12.3. The smallest absolute Gasteiger partial charge is 0.285 e. The second kappa shape index (κ2) is 4.86. The van der Waals surface area contributed by atoms with Gasteiger partial charge in [-0.15, -0.1) is 4.40 Å². The van der Waals surface area contributed by atoms with Gasteiger partial charge < -0.3 is 10.6 Å². The van der Waals surface area contributed by atoms with Crippen LogP contribution in [0.1, 0.15) is 25.3 Å². The Morgan fingerprint density at radius 2 is 2.15 bits per heavy atom. The van der Waals surface area contributed by atoms with Gasteiger partial charge in [-0.2, -0.15) is 8.42 Å². The summed E-state index contributed by atoms with van der Waals surface area (Å²) in [5.74, 6) is 0.980. The summed E-state index contributed by atoms with van der Waals surface area (Å²) in [5, 5.41) is 0. The van der Waals surface area contributed by atoms with Crippen LogP contribution in [-0.4, -0.2) is 38.3 Å². The predicted molar refractivity (Wildman–Crippen MR) is 78.1 cm³/mol. The maximum atomic E-state index is 12.1. The Morgan fingerprint density at radius 3 is 2.90 bits per heavy atom. The maximum absolute atomic E-state index is 12.1. The lowest BCUT2D eigenvalue weighted by atomic mass is 9.90. The van der Waals surface area contributed by atoms with Gasteiger partial charge in [-0.1, -0.05) is 25.5 Å². The van der Waals surface area contributed by atoms with E-state index in [0.717, 1.165) is 31.5 Å². The first-order valence-corrected chi connectivity index (χ1v) is 8.42. The maximum Gasteiger partial charge on any atom is 0.285 e. The number of fused-ring (bicyclic) bond motifs is 1. The van der Waals surface area contributed by atoms with Gasteiger partial charge in [-0.3, -0.25) is 0 Å². The van der Waals surface area contributed by atoms with Crippen molar-refractivity contribution in [2.45, 2.75) is 30.7 Å². The molecule has 1 aromatic carbocycles. The standard InChI is InChI=1S/C14H19N3O2S/c1-2-10-9-17(8-7-12(10)15)14-11-5-3-4-6-13(11)20(18,19)16-14/h3-6,10,12H,2,7-9,15H2,1H3. The summed E-state index contributed by atoms with van der Waals surface area (Å²) >= 11 is 0. The lowest BCUT2D eigenvalue weighted by Crippen LogP contribution is -2.49. The minimum absolute atomic E-state index is 0.199. The van der Waals surface area contributed by atoms with E-state index in [1.54, 1.807) is 12.1 Å². The number of amidine groups is 1. The van der Waals surface area contributed by atoms with Crippen LogP contribution in [0, 0.1) is 5.92 Å². The SMILES string of the molecule is CCC1CN(C2=NS(=O)(=O)c3ccccc32)CCC1N. The average molecular weight is 293 g/mol. The Bertz CT molecular complexity index is 654. The van der Waals surface area contributed by atoms with Crippen LogP contribution < -0.4 is 5.73 Å². The number of benzene rings is 1.